The lowest BCUT2D eigenvalue weighted by Gasteiger charge is -2.33. The topological polar surface area (TPSA) is 95.7 Å². The average Bonchev–Trinajstić information content (AvgIpc) is 3.53. The fourth-order valence-electron chi connectivity index (χ4n) is 5.70. The van der Waals surface area contributed by atoms with Crippen molar-refractivity contribution in [1.82, 2.24) is 15.1 Å². The van der Waals surface area contributed by atoms with E-state index in [2.05, 4.69) is 5.32 Å². The highest BCUT2D eigenvalue weighted by Crippen LogP contribution is 2.34. The molecule has 2 aromatic carbocycles. The zero-order valence-corrected chi connectivity index (χ0v) is 20.6. The van der Waals surface area contributed by atoms with Crippen LogP contribution in [0.1, 0.15) is 60.0 Å². The van der Waals surface area contributed by atoms with Crippen LogP contribution in [0.2, 0.25) is 0 Å². The lowest BCUT2D eigenvalue weighted by Crippen LogP contribution is -2.49. The first kappa shape index (κ1) is 24.3. The predicted octanol–water partition coefficient (Wildman–Crippen LogP) is 3.27. The molecule has 1 saturated carbocycles. The van der Waals surface area contributed by atoms with E-state index in [1.54, 1.807) is 4.90 Å². The van der Waals surface area contributed by atoms with Gasteiger partial charge in [-0.1, -0.05) is 48.5 Å². The Kier molecular flexibility index (Phi) is 7.18. The van der Waals surface area contributed by atoms with Crippen molar-refractivity contribution in [3.8, 4) is 0 Å². The van der Waals surface area contributed by atoms with Gasteiger partial charge in [-0.2, -0.15) is 0 Å². The average molecular weight is 487 g/mol. The fraction of sp³-hybridized carbons (Fsp3) is 0.414. The zero-order chi connectivity index (χ0) is 25.1. The highest BCUT2D eigenvalue weighted by molar-refractivity contribution is 6.13. The summed E-state index contributed by atoms with van der Waals surface area (Å²) in [4.78, 5) is 42.4. The molecule has 0 aromatic heterocycles. The van der Waals surface area contributed by atoms with Crippen molar-refractivity contribution in [2.45, 2.75) is 50.6 Å². The molecule has 188 valence electrons. The van der Waals surface area contributed by atoms with Crippen LogP contribution in [-0.4, -0.2) is 59.2 Å². The fourth-order valence-corrected chi connectivity index (χ4v) is 5.70. The minimum Gasteiger partial charge on any atom is -0.352 e. The molecule has 1 atom stereocenters. The number of nitrogens with two attached hydrogens (primary N) is 1. The zero-order valence-electron chi connectivity index (χ0n) is 20.6. The van der Waals surface area contributed by atoms with Gasteiger partial charge < -0.3 is 16.0 Å². The molecule has 3 N–H and O–H groups in total. The van der Waals surface area contributed by atoms with Gasteiger partial charge in [-0.3, -0.25) is 19.3 Å². The van der Waals surface area contributed by atoms with E-state index in [1.165, 1.54) is 0 Å². The molecule has 0 radical (unpaired) electrons. The maximum Gasteiger partial charge on any atom is 0.259 e. The number of hydrogen-bond acceptors (Lipinski definition) is 4. The Morgan fingerprint density at radius 1 is 0.944 bits per heavy atom. The van der Waals surface area contributed by atoms with Gasteiger partial charge >= 0.3 is 0 Å². The molecule has 2 aromatic rings. The Labute approximate surface area is 212 Å². The van der Waals surface area contributed by atoms with E-state index in [0.29, 0.717) is 5.56 Å². The first-order valence-electron chi connectivity index (χ1n) is 13.0. The van der Waals surface area contributed by atoms with Gasteiger partial charge in [-0.15, -0.1) is 0 Å². The van der Waals surface area contributed by atoms with Crippen LogP contribution < -0.4 is 11.1 Å². The monoisotopic (exact) mass is 486 g/mol. The summed E-state index contributed by atoms with van der Waals surface area (Å²) in [6.45, 7) is 1.61. The van der Waals surface area contributed by atoms with Crippen molar-refractivity contribution in [1.29, 1.82) is 0 Å². The van der Waals surface area contributed by atoms with Crippen molar-refractivity contribution in [3.05, 3.63) is 71.3 Å². The van der Waals surface area contributed by atoms with Gasteiger partial charge in [0.1, 0.15) is 6.54 Å². The summed E-state index contributed by atoms with van der Waals surface area (Å²) in [6, 6.07) is 16.9. The third-order valence-corrected chi connectivity index (χ3v) is 7.72. The van der Waals surface area contributed by atoms with Crippen LogP contribution in [0, 0.1) is 5.92 Å². The van der Waals surface area contributed by atoms with Gasteiger partial charge in [-0.05, 0) is 62.1 Å². The van der Waals surface area contributed by atoms with E-state index < -0.39 is 6.04 Å². The molecule has 7 nitrogen and oxygen atoms in total. The quantitative estimate of drug-likeness (QED) is 0.655. The molecule has 2 heterocycles. The van der Waals surface area contributed by atoms with Gasteiger partial charge in [-0.25, -0.2) is 0 Å². The van der Waals surface area contributed by atoms with Crippen LogP contribution in [0.25, 0.3) is 11.8 Å². The molecule has 2 fully saturated rings. The van der Waals surface area contributed by atoms with Gasteiger partial charge in [0.25, 0.3) is 5.91 Å². The summed E-state index contributed by atoms with van der Waals surface area (Å²) in [7, 11) is 0. The SMILES string of the molecule is N[C@H](C(=O)N1CCCC1)[C@H]1CC[C@H](NC(=O)CN2C(=O)c3ccccc3/C2=C\c2ccccc2)CC1. The number of carbonyl (C=O) groups excluding carboxylic acids is 3. The van der Waals surface area contributed by atoms with Crippen molar-refractivity contribution in [2.24, 2.45) is 11.7 Å². The first-order chi connectivity index (χ1) is 17.5. The molecule has 0 spiro atoms. The molecule has 7 heteroatoms. The molecular weight excluding hydrogens is 452 g/mol. The van der Waals surface area contributed by atoms with E-state index in [9.17, 15) is 14.4 Å². The van der Waals surface area contributed by atoms with Crippen LogP contribution in [0.5, 0.6) is 0 Å². The Morgan fingerprint density at radius 3 is 2.28 bits per heavy atom. The van der Waals surface area contributed by atoms with E-state index in [0.717, 1.165) is 68.4 Å². The Bertz CT molecular complexity index is 1150. The third kappa shape index (κ3) is 5.07. The first-order valence-corrected chi connectivity index (χ1v) is 13.0. The van der Waals surface area contributed by atoms with Crippen LogP contribution in [0.4, 0.5) is 0 Å². The molecule has 3 aliphatic rings. The van der Waals surface area contributed by atoms with E-state index in [-0.39, 0.29) is 36.2 Å². The van der Waals surface area contributed by atoms with Crippen LogP contribution in [-0.2, 0) is 9.59 Å². The van der Waals surface area contributed by atoms with Crippen molar-refractivity contribution < 1.29 is 14.4 Å². The van der Waals surface area contributed by atoms with E-state index in [1.807, 2.05) is 65.6 Å². The molecule has 36 heavy (non-hydrogen) atoms. The number of hydrogen-bond donors (Lipinski definition) is 2. The largest absolute Gasteiger partial charge is 0.352 e. The number of benzene rings is 2. The number of carbonyl (C=O) groups is 3. The number of nitrogens with one attached hydrogen (secondary N) is 1. The third-order valence-electron chi connectivity index (χ3n) is 7.72. The molecule has 1 saturated heterocycles. The summed E-state index contributed by atoms with van der Waals surface area (Å²) in [5.74, 6) is -0.0970. The second kappa shape index (κ2) is 10.7. The number of likely N-dealkylation sites (tertiary alicyclic amines) is 1. The number of nitrogens with zero attached hydrogens (tertiary/aromatic N) is 2. The summed E-state index contributed by atoms with van der Waals surface area (Å²) >= 11 is 0. The maximum absolute atomic E-state index is 13.2. The highest BCUT2D eigenvalue weighted by Gasteiger charge is 2.35. The van der Waals surface area contributed by atoms with E-state index >= 15 is 0 Å². The van der Waals surface area contributed by atoms with Gasteiger partial charge in [0.2, 0.25) is 11.8 Å². The lowest BCUT2D eigenvalue weighted by molar-refractivity contribution is -0.133. The lowest BCUT2D eigenvalue weighted by atomic mass is 9.81. The second-order valence-corrected chi connectivity index (χ2v) is 10.1. The molecule has 0 unspecified atom stereocenters. The maximum atomic E-state index is 13.2. The summed E-state index contributed by atoms with van der Waals surface area (Å²) in [5, 5.41) is 3.13. The molecule has 0 bridgehead atoms. The minimum absolute atomic E-state index is 0.0287. The molecule has 5 rings (SSSR count). The number of fused-ring (bicyclic) bond motifs is 1. The molecule has 2 aliphatic heterocycles. The van der Waals surface area contributed by atoms with E-state index in [4.69, 9.17) is 5.73 Å². The smallest absolute Gasteiger partial charge is 0.259 e. The summed E-state index contributed by atoms with van der Waals surface area (Å²) < 4.78 is 0. The minimum atomic E-state index is -0.453. The van der Waals surface area contributed by atoms with Crippen molar-refractivity contribution >= 4 is 29.5 Å². The Morgan fingerprint density at radius 2 is 1.58 bits per heavy atom. The van der Waals surface area contributed by atoms with Gasteiger partial charge in [0.05, 0.1) is 11.7 Å². The summed E-state index contributed by atoms with van der Waals surface area (Å²) in [5.41, 5.74) is 9.51. The van der Waals surface area contributed by atoms with Gasteiger partial charge in [0, 0.05) is 30.3 Å². The normalized spacial score (nSPS) is 23.6. The summed E-state index contributed by atoms with van der Waals surface area (Å²) in [6.07, 6.45) is 7.30. The molecule has 1 aliphatic carbocycles. The van der Waals surface area contributed by atoms with Gasteiger partial charge in [0.15, 0.2) is 0 Å². The van der Waals surface area contributed by atoms with Crippen LogP contribution in [0.3, 0.4) is 0 Å². The molecular formula is C29H34N4O3. The second-order valence-electron chi connectivity index (χ2n) is 10.1. The Balaban J connectivity index is 1.20. The Hall–Kier alpha value is -3.45. The number of amides is 3. The standard InChI is InChI=1S/C29H34N4O3/c30-27(29(36)32-16-6-7-17-32)21-12-14-22(15-13-21)31-26(34)19-33-25(18-20-8-2-1-3-9-20)23-10-4-5-11-24(23)28(33)35/h1-5,8-11,18,21-22,27H,6-7,12-17,19,30H2,(H,31,34)/b25-18+/t21-,22-,27-/m0/s1. The van der Waals surface area contributed by atoms with Crippen LogP contribution in [0.15, 0.2) is 54.6 Å². The van der Waals surface area contributed by atoms with Crippen LogP contribution >= 0.6 is 0 Å². The predicted molar refractivity (Wildman–Crippen MR) is 139 cm³/mol. The van der Waals surface area contributed by atoms with Crippen molar-refractivity contribution in [3.63, 3.8) is 0 Å². The van der Waals surface area contributed by atoms with Crippen molar-refractivity contribution in [2.75, 3.05) is 19.6 Å². The molecule has 3 amide bonds. The highest BCUT2D eigenvalue weighted by atomic mass is 16.2. The number of rotatable bonds is 6.